The van der Waals surface area contributed by atoms with Crippen LogP contribution in [-0.2, 0) is 33.2 Å². The van der Waals surface area contributed by atoms with Gasteiger partial charge in [0.05, 0.1) is 38.6 Å². The number of unbranched alkanes of at least 4 members (excludes halogenated alkanes) is 3. The van der Waals surface area contributed by atoms with Gasteiger partial charge in [-0.05, 0) is 19.3 Å². The van der Waals surface area contributed by atoms with E-state index >= 15 is 0 Å². The lowest BCUT2D eigenvalue weighted by Gasteiger charge is -2.48. The van der Waals surface area contributed by atoms with E-state index in [0.717, 1.165) is 25.7 Å². The van der Waals surface area contributed by atoms with Crippen molar-refractivity contribution >= 4 is 5.91 Å². The number of amides is 1. The monoisotopic (exact) mass is 743 g/mol. The van der Waals surface area contributed by atoms with Gasteiger partial charge in [-0.3, -0.25) is 4.79 Å². The fourth-order valence-corrected chi connectivity index (χ4v) is 5.99. The third kappa shape index (κ3) is 11.5. The topological polar surface area (TPSA) is 307 Å². The molecule has 0 saturated carbocycles. The highest BCUT2D eigenvalue weighted by Gasteiger charge is 2.53. The van der Waals surface area contributed by atoms with Crippen LogP contribution in [0.1, 0.15) is 52.4 Å². The third-order valence-corrected chi connectivity index (χ3v) is 9.06. The highest BCUT2D eigenvalue weighted by molar-refractivity contribution is 5.76. The van der Waals surface area contributed by atoms with Gasteiger partial charge in [0.25, 0.3) is 0 Å². The van der Waals surface area contributed by atoms with E-state index in [1.807, 2.05) is 6.92 Å². The molecule has 1 amide bonds. The first-order valence-corrected chi connectivity index (χ1v) is 17.4. The SMILES string of the molecule is CCCCC/C=C/C(O)C(COC1OC(CO)C(OC2OC(CO)C(OC3OC(CO)C(O)C(O)C3O)C(O)C2O)C(O)C1O)NC(=O)CCC. The predicted molar refractivity (Wildman–Crippen MR) is 171 cm³/mol. The summed E-state index contributed by atoms with van der Waals surface area (Å²) in [6, 6.07) is -0.957. The maximum atomic E-state index is 12.4. The van der Waals surface area contributed by atoms with E-state index in [1.165, 1.54) is 6.08 Å². The number of allylic oxidation sites excluding steroid dienone is 1. The molecular formula is C32H57NO18. The van der Waals surface area contributed by atoms with Crippen LogP contribution in [0.3, 0.4) is 0 Å². The molecule has 19 heteroatoms. The van der Waals surface area contributed by atoms with Gasteiger partial charge in [0.2, 0.25) is 5.91 Å². The van der Waals surface area contributed by atoms with E-state index in [4.69, 9.17) is 28.4 Å². The van der Waals surface area contributed by atoms with Crippen molar-refractivity contribution in [1.29, 1.82) is 0 Å². The lowest BCUT2D eigenvalue weighted by Crippen LogP contribution is -2.66. The Morgan fingerprint density at radius 1 is 0.686 bits per heavy atom. The zero-order valence-electron chi connectivity index (χ0n) is 28.8. The zero-order chi connectivity index (χ0) is 37.8. The summed E-state index contributed by atoms with van der Waals surface area (Å²) in [6.07, 6.45) is -18.9. The first kappa shape index (κ1) is 43.9. The molecule has 3 aliphatic rings. The first-order valence-electron chi connectivity index (χ1n) is 17.4. The van der Waals surface area contributed by atoms with Crippen molar-refractivity contribution in [2.45, 2.75) is 157 Å². The molecule has 0 aromatic rings. The molecule has 3 fully saturated rings. The van der Waals surface area contributed by atoms with Gasteiger partial charge in [-0.1, -0.05) is 38.8 Å². The summed E-state index contributed by atoms with van der Waals surface area (Å²) in [5.41, 5.74) is 0. The number of ether oxygens (including phenoxy) is 6. The Labute approximate surface area is 295 Å². The Balaban J connectivity index is 1.66. The quantitative estimate of drug-likeness (QED) is 0.0437. The number of carbonyl (C=O) groups excluding carboxylic acids is 1. The van der Waals surface area contributed by atoms with Gasteiger partial charge in [-0.2, -0.15) is 0 Å². The highest BCUT2D eigenvalue weighted by atomic mass is 16.8. The smallest absolute Gasteiger partial charge is 0.220 e. The van der Waals surface area contributed by atoms with Crippen molar-refractivity contribution in [3.63, 3.8) is 0 Å². The molecule has 3 heterocycles. The molecule has 3 rings (SSSR count). The van der Waals surface area contributed by atoms with E-state index in [-0.39, 0.29) is 18.9 Å². The van der Waals surface area contributed by atoms with Crippen molar-refractivity contribution in [3.8, 4) is 0 Å². The number of aliphatic hydroxyl groups is 11. The highest BCUT2D eigenvalue weighted by Crippen LogP contribution is 2.32. The minimum atomic E-state index is -1.97. The molecule has 51 heavy (non-hydrogen) atoms. The first-order chi connectivity index (χ1) is 24.3. The van der Waals surface area contributed by atoms with Gasteiger partial charge < -0.3 is 89.9 Å². The summed E-state index contributed by atoms with van der Waals surface area (Å²) < 4.78 is 33.4. The molecule has 12 N–H and O–H groups in total. The van der Waals surface area contributed by atoms with Crippen LogP contribution < -0.4 is 5.32 Å². The average Bonchev–Trinajstić information content (AvgIpc) is 3.11. The molecule has 17 atom stereocenters. The Kier molecular flexibility index (Phi) is 18.5. The van der Waals surface area contributed by atoms with Crippen LogP contribution in [0.2, 0.25) is 0 Å². The van der Waals surface area contributed by atoms with Gasteiger partial charge in [-0.25, -0.2) is 0 Å². The largest absolute Gasteiger partial charge is 0.394 e. The Bertz CT molecular complexity index is 1040. The Hall–Kier alpha value is -1.47. The van der Waals surface area contributed by atoms with Crippen LogP contribution in [0.5, 0.6) is 0 Å². The van der Waals surface area contributed by atoms with Gasteiger partial charge in [0.15, 0.2) is 18.9 Å². The van der Waals surface area contributed by atoms with Crippen molar-refractivity contribution in [2.24, 2.45) is 0 Å². The molecule has 17 unspecified atom stereocenters. The van der Waals surface area contributed by atoms with Gasteiger partial charge in [-0.15, -0.1) is 0 Å². The maximum Gasteiger partial charge on any atom is 0.220 e. The van der Waals surface area contributed by atoms with Crippen LogP contribution in [0.4, 0.5) is 0 Å². The number of aliphatic hydroxyl groups excluding tert-OH is 11. The molecular weight excluding hydrogens is 686 g/mol. The zero-order valence-corrected chi connectivity index (χ0v) is 28.8. The number of nitrogens with one attached hydrogen (secondary N) is 1. The summed E-state index contributed by atoms with van der Waals surface area (Å²) in [4.78, 5) is 12.4. The number of carbonyl (C=O) groups is 1. The molecule has 0 aliphatic carbocycles. The van der Waals surface area contributed by atoms with Crippen molar-refractivity contribution < 1.29 is 89.4 Å². The normalized spacial score (nSPS) is 40.3. The third-order valence-electron chi connectivity index (χ3n) is 9.06. The van der Waals surface area contributed by atoms with Crippen LogP contribution in [0.15, 0.2) is 12.2 Å². The predicted octanol–water partition coefficient (Wildman–Crippen LogP) is -4.77. The van der Waals surface area contributed by atoms with E-state index in [2.05, 4.69) is 12.2 Å². The van der Waals surface area contributed by atoms with Gasteiger partial charge >= 0.3 is 0 Å². The number of rotatable bonds is 19. The second kappa shape index (κ2) is 21.4. The number of hydrogen-bond donors (Lipinski definition) is 12. The minimum absolute atomic E-state index is 0.192. The molecule has 0 aromatic carbocycles. The summed E-state index contributed by atoms with van der Waals surface area (Å²) in [5.74, 6) is -0.341. The van der Waals surface area contributed by atoms with E-state index < -0.39 is 124 Å². The average molecular weight is 744 g/mol. The second-order valence-corrected chi connectivity index (χ2v) is 13.0. The summed E-state index contributed by atoms with van der Waals surface area (Å²) >= 11 is 0. The lowest BCUT2D eigenvalue weighted by atomic mass is 9.96. The van der Waals surface area contributed by atoms with Crippen molar-refractivity contribution in [1.82, 2.24) is 5.32 Å². The lowest BCUT2D eigenvalue weighted by molar-refractivity contribution is -0.379. The minimum Gasteiger partial charge on any atom is -0.394 e. The van der Waals surface area contributed by atoms with Crippen LogP contribution in [0.25, 0.3) is 0 Å². The Morgan fingerprint density at radius 3 is 1.73 bits per heavy atom. The molecule has 19 nitrogen and oxygen atoms in total. The molecule has 0 bridgehead atoms. The van der Waals surface area contributed by atoms with Crippen LogP contribution in [0, 0.1) is 0 Å². The van der Waals surface area contributed by atoms with Crippen molar-refractivity contribution in [2.75, 3.05) is 26.4 Å². The standard InChI is InChI=1S/C32H57NO18/c1-3-5-6-7-8-10-16(37)15(33-20(38)9-4-2)14-46-30-26(44)23(41)28(18(12-35)48-30)51-32-27(45)24(42)29(19(13-36)49-32)50-31-25(43)22(40)21(39)17(11-34)47-31/h8,10,15-19,21-32,34-37,39-45H,3-7,9,11-14H2,1-2H3,(H,33,38)/b10-8+. The van der Waals surface area contributed by atoms with Crippen LogP contribution in [-0.4, -0.2) is 193 Å². The van der Waals surface area contributed by atoms with Crippen molar-refractivity contribution in [3.05, 3.63) is 12.2 Å². The fourth-order valence-electron chi connectivity index (χ4n) is 5.99. The molecule has 0 spiro atoms. The summed E-state index contributed by atoms with van der Waals surface area (Å²) in [6.45, 7) is 1.10. The molecule has 0 aromatic heterocycles. The number of hydrogen-bond acceptors (Lipinski definition) is 18. The van der Waals surface area contributed by atoms with Gasteiger partial charge in [0.1, 0.15) is 73.2 Å². The van der Waals surface area contributed by atoms with E-state index in [1.54, 1.807) is 6.08 Å². The van der Waals surface area contributed by atoms with E-state index in [0.29, 0.717) is 6.42 Å². The Morgan fingerprint density at radius 2 is 1.20 bits per heavy atom. The maximum absolute atomic E-state index is 12.4. The molecule has 3 aliphatic heterocycles. The second-order valence-electron chi connectivity index (χ2n) is 13.0. The fraction of sp³-hybridized carbons (Fsp3) is 0.906. The van der Waals surface area contributed by atoms with Crippen LogP contribution >= 0.6 is 0 Å². The molecule has 0 radical (unpaired) electrons. The molecule has 3 saturated heterocycles. The summed E-state index contributed by atoms with van der Waals surface area (Å²) in [7, 11) is 0. The molecule has 298 valence electrons. The van der Waals surface area contributed by atoms with E-state index in [9.17, 15) is 61.0 Å². The van der Waals surface area contributed by atoms with Gasteiger partial charge in [0, 0.05) is 6.42 Å². The summed E-state index contributed by atoms with van der Waals surface area (Å²) in [5, 5.41) is 117.